The Labute approximate surface area is 140 Å². The first-order valence-corrected chi connectivity index (χ1v) is 8.10. The van der Waals surface area contributed by atoms with Crippen molar-refractivity contribution in [1.29, 1.82) is 0 Å². The molecular formula is C17H22N4O3. The van der Waals surface area contributed by atoms with E-state index >= 15 is 0 Å². The summed E-state index contributed by atoms with van der Waals surface area (Å²) in [6.45, 7) is 5.24. The van der Waals surface area contributed by atoms with Crippen LogP contribution in [0.1, 0.15) is 42.4 Å². The first kappa shape index (κ1) is 16.4. The fourth-order valence-electron chi connectivity index (χ4n) is 2.74. The molecule has 2 N–H and O–H groups in total. The van der Waals surface area contributed by atoms with Gasteiger partial charge in [0.25, 0.3) is 5.91 Å². The zero-order valence-electron chi connectivity index (χ0n) is 13.9. The first-order valence-electron chi connectivity index (χ1n) is 8.10. The van der Waals surface area contributed by atoms with Gasteiger partial charge in [-0.05, 0) is 24.5 Å². The van der Waals surface area contributed by atoms with E-state index in [0.717, 1.165) is 11.5 Å². The quantitative estimate of drug-likeness (QED) is 0.864. The summed E-state index contributed by atoms with van der Waals surface area (Å²) in [5, 5.41) is 17.3. The standard InChI is InChI=1S/C17H22N4O3/c1-12(2)13-9-14(24-20-13)16(22)19-10-17(23)6-8-21(11-17)15-5-3-4-7-18-15/h3-5,7,9,12,23H,6,8,10-11H2,1-2H3,(H,19,22). The molecule has 1 atom stereocenters. The SMILES string of the molecule is CC(C)c1cc(C(=O)NCC2(O)CCN(c3ccccn3)C2)on1. The van der Waals surface area contributed by atoms with E-state index in [1.807, 2.05) is 36.9 Å². The van der Waals surface area contributed by atoms with Crippen LogP contribution in [0.2, 0.25) is 0 Å². The zero-order valence-corrected chi connectivity index (χ0v) is 13.9. The molecule has 0 radical (unpaired) electrons. The van der Waals surface area contributed by atoms with Crippen molar-refractivity contribution in [2.75, 3.05) is 24.5 Å². The van der Waals surface area contributed by atoms with Gasteiger partial charge >= 0.3 is 0 Å². The molecule has 7 nitrogen and oxygen atoms in total. The minimum atomic E-state index is -0.978. The van der Waals surface area contributed by atoms with E-state index in [9.17, 15) is 9.90 Å². The average Bonchev–Trinajstić information content (AvgIpc) is 3.21. The van der Waals surface area contributed by atoms with Crippen molar-refractivity contribution in [1.82, 2.24) is 15.5 Å². The van der Waals surface area contributed by atoms with Gasteiger partial charge in [-0.3, -0.25) is 4.79 Å². The molecule has 1 unspecified atom stereocenters. The highest BCUT2D eigenvalue weighted by atomic mass is 16.5. The number of carbonyl (C=O) groups is 1. The van der Waals surface area contributed by atoms with Crippen LogP contribution >= 0.6 is 0 Å². The molecule has 3 rings (SSSR count). The summed E-state index contributed by atoms with van der Waals surface area (Å²) in [4.78, 5) is 18.5. The van der Waals surface area contributed by atoms with Crippen LogP contribution in [-0.2, 0) is 0 Å². The van der Waals surface area contributed by atoms with Crippen LogP contribution in [0.5, 0.6) is 0 Å². The summed E-state index contributed by atoms with van der Waals surface area (Å²) >= 11 is 0. The van der Waals surface area contributed by atoms with Crippen LogP contribution in [-0.4, -0.2) is 46.4 Å². The third kappa shape index (κ3) is 3.56. The molecule has 1 fully saturated rings. The third-order valence-corrected chi connectivity index (χ3v) is 4.23. The highest BCUT2D eigenvalue weighted by Gasteiger charge is 2.37. The van der Waals surface area contributed by atoms with Gasteiger partial charge < -0.3 is 19.8 Å². The minimum absolute atomic E-state index is 0.160. The van der Waals surface area contributed by atoms with Gasteiger partial charge in [0.05, 0.1) is 5.69 Å². The summed E-state index contributed by atoms with van der Waals surface area (Å²) in [5.74, 6) is 0.832. The van der Waals surface area contributed by atoms with E-state index in [2.05, 4.69) is 15.5 Å². The van der Waals surface area contributed by atoms with Crippen molar-refractivity contribution in [3.63, 3.8) is 0 Å². The van der Waals surface area contributed by atoms with E-state index in [4.69, 9.17) is 4.52 Å². The van der Waals surface area contributed by atoms with Gasteiger partial charge in [-0.2, -0.15) is 0 Å². The number of aromatic nitrogens is 2. The maximum atomic E-state index is 12.1. The van der Waals surface area contributed by atoms with Crippen molar-refractivity contribution < 1.29 is 14.4 Å². The number of anilines is 1. The number of nitrogens with one attached hydrogen (secondary N) is 1. The number of hydrogen-bond acceptors (Lipinski definition) is 6. The summed E-state index contributed by atoms with van der Waals surface area (Å²) in [6, 6.07) is 7.32. The van der Waals surface area contributed by atoms with Crippen LogP contribution in [0.4, 0.5) is 5.82 Å². The number of amides is 1. The van der Waals surface area contributed by atoms with Gasteiger partial charge in [0, 0.05) is 31.9 Å². The maximum absolute atomic E-state index is 12.1. The van der Waals surface area contributed by atoms with Gasteiger partial charge in [-0.15, -0.1) is 0 Å². The molecule has 0 aliphatic carbocycles. The number of hydrogen-bond donors (Lipinski definition) is 2. The average molecular weight is 330 g/mol. The normalized spacial score (nSPS) is 20.6. The lowest BCUT2D eigenvalue weighted by molar-refractivity contribution is 0.0564. The summed E-state index contributed by atoms with van der Waals surface area (Å²) in [6.07, 6.45) is 2.29. The molecule has 2 aromatic heterocycles. The number of aliphatic hydroxyl groups is 1. The lowest BCUT2D eigenvalue weighted by Gasteiger charge is -2.23. The highest BCUT2D eigenvalue weighted by molar-refractivity contribution is 5.91. The fraction of sp³-hybridized carbons (Fsp3) is 0.471. The molecule has 0 aromatic carbocycles. The van der Waals surface area contributed by atoms with Crippen LogP contribution in [0.3, 0.4) is 0 Å². The molecule has 1 aliphatic rings. The van der Waals surface area contributed by atoms with E-state index < -0.39 is 5.60 Å². The van der Waals surface area contributed by atoms with Gasteiger partial charge in [-0.25, -0.2) is 4.98 Å². The van der Waals surface area contributed by atoms with Gasteiger partial charge in [-0.1, -0.05) is 25.1 Å². The molecule has 1 saturated heterocycles. The summed E-state index contributed by atoms with van der Waals surface area (Å²) in [7, 11) is 0. The molecule has 128 valence electrons. The Morgan fingerprint density at radius 1 is 1.50 bits per heavy atom. The second kappa shape index (κ2) is 6.60. The molecule has 0 spiro atoms. The van der Waals surface area contributed by atoms with Crippen molar-refractivity contribution >= 4 is 11.7 Å². The van der Waals surface area contributed by atoms with Crippen molar-refractivity contribution in [2.45, 2.75) is 31.8 Å². The molecule has 2 aromatic rings. The second-order valence-corrected chi connectivity index (χ2v) is 6.54. The molecular weight excluding hydrogens is 308 g/mol. The molecule has 0 bridgehead atoms. The summed E-state index contributed by atoms with van der Waals surface area (Å²) < 4.78 is 5.06. The van der Waals surface area contributed by atoms with Gasteiger partial charge in [0.1, 0.15) is 11.4 Å². The second-order valence-electron chi connectivity index (χ2n) is 6.54. The summed E-state index contributed by atoms with van der Waals surface area (Å²) in [5.41, 5.74) is -0.241. The predicted molar refractivity (Wildman–Crippen MR) is 88.9 cm³/mol. The van der Waals surface area contributed by atoms with Crippen molar-refractivity contribution in [2.24, 2.45) is 0 Å². The number of carbonyl (C=O) groups excluding carboxylic acids is 1. The first-order chi connectivity index (χ1) is 11.5. The van der Waals surface area contributed by atoms with Crippen molar-refractivity contribution in [3.8, 4) is 0 Å². The smallest absolute Gasteiger partial charge is 0.290 e. The lowest BCUT2D eigenvalue weighted by Crippen LogP contribution is -2.45. The zero-order chi connectivity index (χ0) is 17.2. The minimum Gasteiger partial charge on any atom is -0.386 e. The lowest BCUT2D eigenvalue weighted by atomic mass is 10.0. The van der Waals surface area contributed by atoms with E-state index in [-0.39, 0.29) is 24.1 Å². The van der Waals surface area contributed by atoms with Crippen LogP contribution in [0.15, 0.2) is 35.0 Å². The Morgan fingerprint density at radius 2 is 2.33 bits per heavy atom. The van der Waals surface area contributed by atoms with Gasteiger partial charge in [0.15, 0.2) is 0 Å². The van der Waals surface area contributed by atoms with E-state index in [1.54, 1.807) is 12.3 Å². The maximum Gasteiger partial charge on any atom is 0.290 e. The van der Waals surface area contributed by atoms with Crippen LogP contribution in [0, 0.1) is 0 Å². The van der Waals surface area contributed by atoms with Crippen LogP contribution in [0.25, 0.3) is 0 Å². The highest BCUT2D eigenvalue weighted by Crippen LogP contribution is 2.25. The predicted octanol–water partition coefficient (Wildman–Crippen LogP) is 1.56. The number of β-amino-alcohol motifs (C(OH)–C–C–N with tert-alkyl or cyclic N) is 1. The van der Waals surface area contributed by atoms with Crippen LogP contribution < -0.4 is 10.2 Å². The molecule has 1 amide bonds. The number of nitrogens with zero attached hydrogens (tertiary/aromatic N) is 3. The van der Waals surface area contributed by atoms with Gasteiger partial charge in [0.2, 0.25) is 5.76 Å². The Morgan fingerprint density at radius 3 is 3.00 bits per heavy atom. The molecule has 0 saturated carbocycles. The Kier molecular flexibility index (Phi) is 4.53. The topological polar surface area (TPSA) is 91.5 Å². The Bertz CT molecular complexity index is 701. The number of pyridine rings is 1. The monoisotopic (exact) mass is 330 g/mol. The van der Waals surface area contributed by atoms with E-state index in [1.165, 1.54) is 0 Å². The van der Waals surface area contributed by atoms with Crippen molar-refractivity contribution in [3.05, 3.63) is 41.9 Å². The fourth-order valence-corrected chi connectivity index (χ4v) is 2.74. The Balaban J connectivity index is 1.57. The molecule has 7 heteroatoms. The third-order valence-electron chi connectivity index (χ3n) is 4.23. The molecule has 24 heavy (non-hydrogen) atoms. The van der Waals surface area contributed by atoms with E-state index in [0.29, 0.717) is 19.5 Å². The molecule has 3 heterocycles. The number of rotatable bonds is 5. The molecule has 1 aliphatic heterocycles. The largest absolute Gasteiger partial charge is 0.386 e. The Hall–Kier alpha value is -2.41.